The van der Waals surface area contributed by atoms with E-state index in [-0.39, 0.29) is 12.3 Å². The van der Waals surface area contributed by atoms with Gasteiger partial charge in [0.1, 0.15) is 5.82 Å². The summed E-state index contributed by atoms with van der Waals surface area (Å²) >= 11 is 0. The highest BCUT2D eigenvalue weighted by molar-refractivity contribution is 5.91. The third-order valence-corrected chi connectivity index (χ3v) is 3.50. The molecule has 112 valence electrons. The van der Waals surface area contributed by atoms with Crippen molar-refractivity contribution in [1.29, 1.82) is 0 Å². The number of hydrogen-bond donors (Lipinski definition) is 2. The van der Waals surface area contributed by atoms with E-state index < -0.39 is 5.97 Å². The molecule has 0 aliphatic heterocycles. The molecule has 1 aromatic heterocycles. The summed E-state index contributed by atoms with van der Waals surface area (Å²) in [6.07, 6.45) is 2.86. The Kier molecular flexibility index (Phi) is 5.14. The number of pyridine rings is 1. The second-order valence-electron chi connectivity index (χ2n) is 5.86. The Morgan fingerprint density at radius 2 is 2.05 bits per heavy atom. The van der Waals surface area contributed by atoms with Crippen molar-refractivity contribution in [3.05, 3.63) is 36.5 Å². The molecule has 4 nitrogen and oxygen atoms in total. The highest BCUT2D eigenvalue weighted by Crippen LogP contribution is 2.22. The fourth-order valence-corrected chi connectivity index (χ4v) is 2.65. The van der Waals surface area contributed by atoms with E-state index in [2.05, 4.69) is 24.1 Å². The summed E-state index contributed by atoms with van der Waals surface area (Å²) in [6.45, 7) is 4.86. The van der Waals surface area contributed by atoms with Gasteiger partial charge in [-0.3, -0.25) is 4.79 Å². The van der Waals surface area contributed by atoms with E-state index in [1.54, 1.807) is 6.20 Å². The maximum Gasteiger partial charge on any atom is 0.303 e. The van der Waals surface area contributed by atoms with Gasteiger partial charge < -0.3 is 10.4 Å². The van der Waals surface area contributed by atoms with E-state index >= 15 is 0 Å². The molecule has 1 aromatic carbocycles. The SMILES string of the molecule is CC(C)CC(CNc1nccc2ccccc12)CC(=O)O. The molecule has 21 heavy (non-hydrogen) atoms. The van der Waals surface area contributed by atoms with Crippen LogP contribution in [0.25, 0.3) is 10.8 Å². The van der Waals surface area contributed by atoms with Crippen LogP contribution in [0, 0.1) is 11.8 Å². The van der Waals surface area contributed by atoms with Gasteiger partial charge >= 0.3 is 5.97 Å². The van der Waals surface area contributed by atoms with E-state index in [9.17, 15) is 4.79 Å². The Morgan fingerprint density at radius 3 is 2.76 bits per heavy atom. The highest BCUT2D eigenvalue weighted by atomic mass is 16.4. The molecule has 0 bridgehead atoms. The van der Waals surface area contributed by atoms with Crippen molar-refractivity contribution < 1.29 is 9.90 Å². The number of benzene rings is 1. The molecule has 2 aromatic rings. The van der Waals surface area contributed by atoms with Crippen molar-refractivity contribution >= 4 is 22.6 Å². The van der Waals surface area contributed by atoms with E-state index in [1.807, 2.05) is 30.3 Å². The number of aromatic nitrogens is 1. The first-order valence-corrected chi connectivity index (χ1v) is 7.35. The molecule has 0 aliphatic carbocycles. The Morgan fingerprint density at radius 1 is 1.29 bits per heavy atom. The van der Waals surface area contributed by atoms with Gasteiger partial charge in [0.05, 0.1) is 0 Å². The van der Waals surface area contributed by atoms with Crippen LogP contribution in [-0.4, -0.2) is 22.6 Å². The monoisotopic (exact) mass is 286 g/mol. The summed E-state index contributed by atoms with van der Waals surface area (Å²) in [5.74, 6) is 0.681. The zero-order valence-corrected chi connectivity index (χ0v) is 12.5. The van der Waals surface area contributed by atoms with Crippen LogP contribution in [-0.2, 0) is 4.79 Å². The first kappa shape index (κ1) is 15.3. The van der Waals surface area contributed by atoms with E-state index in [0.29, 0.717) is 12.5 Å². The lowest BCUT2D eigenvalue weighted by atomic mass is 9.94. The predicted molar refractivity (Wildman–Crippen MR) is 85.4 cm³/mol. The largest absolute Gasteiger partial charge is 0.481 e. The summed E-state index contributed by atoms with van der Waals surface area (Å²) in [4.78, 5) is 15.4. The molecule has 1 atom stereocenters. The van der Waals surface area contributed by atoms with Crippen molar-refractivity contribution in [2.45, 2.75) is 26.7 Å². The van der Waals surface area contributed by atoms with Gasteiger partial charge in [0.15, 0.2) is 0 Å². The minimum Gasteiger partial charge on any atom is -0.481 e. The van der Waals surface area contributed by atoms with Gasteiger partial charge in [-0.25, -0.2) is 4.98 Å². The molecule has 1 unspecified atom stereocenters. The van der Waals surface area contributed by atoms with Crippen molar-refractivity contribution in [3.63, 3.8) is 0 Å². The highest BCUT2D eigenvalue weighted by Gasteiger charge is 2.15. The second-order valence-corrected chi connectivity index (χ2v) is 5.86. The van der Waals surface area contributed by atoms with Gasteiger partial charge in [-0.15, -0.1) is 0 Å². The van der Waals surface area contributed by atoms with Crippen LogP contribution >= 0.6 is 0 Å². The zero-order valence-electron chi connectivity index (χ0n) is 12.5. The van der Waals surface area contributed by atoms with Crippen LogP contribution in [0.15, 0.2) is 36.5 Å². The number of nitrogens with zero attached hydrogens (tertiary/aromatic N) is 1. The van der Waals surface area contributed by atoms with Crippen LogP contribution in [0.3, 0.4) is 0 Å². The molecule has 0 amide bonds. The molecule has 1 heterocycles. The molecule has 0 spiro atoms. The summed E-state index contributed by atoms with van der Waals surface area (Å²) in [7, 11) is 0. The summed E-state index contributed by atoms with van der Waals surface area (Å²) in [5, 5.41) is 14.5. The lowest BCUT2D eigenvalue weighted by Crippen LogP contribution is -2.20. The number of hydrogen-bond acceptors (Lipinski definition) is 3. The average Bonchev–Trinajstić information content (AvgIpc) is 2.43. The zero-order chi connectivity index (χ0) is 15.2. The Labute approximate surface area is 125 Å². The molecular formula is C17H22N2O2. The fraction of sp³-hybridized carbons (Fsp3) is 0.412. The molecule has 0 aliphatic rings. The fourth-order valence-electron chi connectivity index (χ4n) is 2.65. The van der Waals surface area contributed by atoms with Crippen LogP contribution in [0.2, 0.25) is 0 Å². The van der Waals surface area contributed by atoms with Crippen molar-refractivity contribution in [1.82, 2.24) is 4.98 Å². The minimum absolute atomic E-state index is 0.114. The number of nitrogens with one attached hydrogen (secondary N) is 1. The molecular weight excluding hydrogens is 264 g/mol. The molecule has 2 N–H and O–H groups in total. The molecule has 0 radical (unpaired) electrons. The van der Waals surface area contributed by atoms with Gasteiger partial charge in [0.25, 0.3) is 0 Å². The van der Waals surface area contributed by atoms with Crippen LogP contribution < -0.4 is 5.32 Å². The van der Waals surface area contributed by atoms with Crippen LogP contribution in [0.4, 0.5) is 5.82 Å². The van der Waals surface area contributed by atoms with E-state index in [0.717, 1.165) is 23.0 Å². The minimum atomic E-state index is -0.742. The number of carboxylic acids is 1. The van der Waals surface area contributed by atoms with Gasteiger partial charge in [0.2, 0.25) is 0 Å². The number of aliphatic carboxylic acids is 1. The number of fused-ring (bicyclic) bond motifs is 1. The number of carbonyl (C=O) groups is 1. The van der Waals surface area contributed by atoms with Crippen LogP contribution in [0.1, 0.15) is 26.7 Å². The lowest BCUT2D eigenvalue weighted by molar-refractivity contribution is -0.138. The quantitative estimate of drug-likeness (QED) is 0.813. The molecule has 4 heteroatoms. The van der Waals surface area contributed by atoms with Gasteiger partial charge in [0, 0.05) is 24.5 Å². The van der Waals surface area contributed by atoms with Gasteiger partial charge in [-0.1, -0.05) is 38.1 Å². The third-order valence-electron chi connectivity index (χ3n) is 3.50. The summed E-state index contributed by atoms with van der Waals surface area (Å²) in [6, 6.07) is 10.0. The number of rotatable bonds is 7. The molecule has 0 saturated heterocycles. The third kappa shape index (κ3) is 4.45. The Bertz CT molecular complexity index is 605. The van der Waals surface area contributed by atoms with Crippen molar-refractivity contribution in [2.24, 2.45) is 11.8 Å². The average molecular weight is 286 g/mol. The van der Waals surface area contributed by atoms with E-state index in [1.165, 1.54) is 0 Å². The lowest BCUT2D eigenvalue weighted by Gasteiger charge is -2.18. The predicted octanol–water partition coefficient (Wildman–Crippen LogP) is 3.78. The standard InChI is InChI=1S/C17H22N2O2/c1-12(2)9-13(10-16(20)21)11-19-17-15-6-4-3-5-14(15)7-8-18-17/h3-8,12-13H,9-11H2,1-2H3,(H,18,19)(H,20,21). The van der Waals surface area contributed by atoms with E-state index in [4.69, 9.17) is 5.11 Å². The Balaban J connectivity index is 2.09. The first-order valence-electron chi connectivity index (χ1n) is 7.35. The maximum atomic E-state index is 11.0. The summed E-state index contributed by atoms with van der Waals surface area (Å²) < 4.78 is 0. The first-order chi connectivity index (χ1) is 10.1. The Hall–Kier alpha value is -2.10. The normalized spacial score (nSPS) is 12.5. The smallest absolute Gasteiger partial charge is 0.303 e. The molecule has 0 saturated carbocycles. The van der Waals surface area contributed by atoms with Crippen molar-refractivity contribution in [3.8, 4) is 0 Å². The van der Waals surface area contributed by atoms with Crippen molar-refractivity contribution in [2.75, 3.05) is 11.9 Å². The van der Waals surface area contributed by atoms with Gasteiger partial charge in [-0.05, 0) is 29.7 Å². The maximum absolute atomic E-state index is 11.0. The van der Waals surface area contributed by atoms with Gasteiger partial charge in [-0.2, -0.15) is 0 Å². The summed E-state index contributed by atoms with van der Waals surface area (Å²) in [5.41, 5.74) is 0. The molecule has 0 fully saturated rings. The topological polar surface area (TPSA) is 62.2 Å². The second kappa shape index (κ2) is 7.07. The number of anilines is 1. The van der Waals surface area contributed by atoms with Crippen LogP contribution in [0.5, 0.6) is 0 Å². The number of carboxylic acid groups (broad SMARTS) is 1. The molecule has 2 rings (SSSR count).